The molecule has 3 fully saturated rings. The first-order valence-electron chi connectivity index (χ1n) is 20.0. The Morgan fingerprint density at radius 2 is 1.11 bits per heavy atom. The molecule has 2 heterocycles. The van der Waals surface area contributed by atoms with Crippen LogP contribution in [0.1, 0.15) is 75.2 Å². The van der Waals surface area contributed by atoms with Gasteiger partial charge in [-0.15, -0.1) is 0 Å². The lowest BCUT2D eigenvalue weighted by Gasteiger charge is -2.49. The standard InChI is InChI=1S/C37H67N5O19/c1-35(2,3)59-32(52)39-11-10-17(44)29(51)40-15-12-16(41-33(53)60-36(4,5)6)28(58-31-25(49)24(48)22(46)18(13-38)55-31)26(50)27(15)57-30-23(47)20(21(45)19(14-43)56-30)42-34(54)61-37(7,8)9/h15-28,30-31,43-50H,10-14,38H2,1-9H3,(H,39,52)(H,40,51)(H,41,53)(H,42,54)/t15-,16?,17+,18?,19?,20?,21-,22-,23+,24+,25?,26?,27-,28-,30-,31-/m1/s1. The van der Waals surface area contributed by atoms with E-state index in [0.717, 1.165) is 0 Å². The number of ether oxygens (including phenoxy) is 7. The van der Waals surface area contributed by atoms with Gasteiger partial charge in [0.25, 0.3) is 0 Å². The second-order valence-electron chi connectivity index (χ2n) is 18.2. The van der Waals surface area contributed by atoms with Crippen LogP contribution in [0.2, 0.25) is 0 Å². The van der Waals surface area contributed by atoms with Gasteiger partial charge in [0.2, 0.25) is 5.91 Å². The summed E-state index contributed by atoms with van der Waals surface area (Å²) in [6.45, 7) is 12.9. The largest absolute Gasteiger partial charge is 0.444 e. The summed E-state index contributed by atoms with van der Waals surface area (Å²) in [5, 5.41) is 97.1. The Bertz CT molecular complexity index is 1460. The Balaban J connectivity index is 2.02. The first kappa shape index (κ1) is 52.1. The zero-order valence-electron chi connectivity index (χ0n) is 35.9. The SMILES string of the molecule is CC(C)(C)OC(=O)NCC[C@H](O)C(=O)N[C@@H]1CC(NC(=O)OC(C)(C)C)[C@@H](O[C@H]2OC(CN)[C@@H](O)[C@H](O)C2O)C(O)[C@@H]1O[C@H]1OC(CO)[C@@H](O)C(NC(=O)OC(C)(C)C)[C@@H]1O. The maximum absolute atomic E-state index is 13.5. The molecule has 2 saturated heterocycles. The molecular formula is C37H67N5O19. The topological polar surface area (TPSA) is 369 Å². The first-order chi connectivity index (χ1) is 28.0. The van der Waals surface area contributed by atoms with E-state index in [1.807, 2.05) is 0 Å². The van der Waals surface area contributed by atoms with Crippen LogP contribution < -0.4 is 27.0 Å². The van der Waals surface area contributed by atoms with Crippen molar-refractivity contribution in [3.63, 3.8) is 0 Å². The highest BCUT2D eigenvalue weighted by atomic mass is 16.7. The predicted molar refractivity (Wildman–Crippen MR) is 207 cm³/mol. The summed E-state index contributed by atoms with van der Waals surface area (Å²) in [6.07, 6.45) is -26.6. The Morgan fingerprint density at radius 3 is 1.62 bits per heavy atom. The highest BCUT2D eigenvalue weighted by Crippen LogP contribution is 2.33. The minimum atomic E-state index is -2.03. The van der Waals surface area contributed by atoms with Crippen molar-refractivity contribution in [3.05, 3.63) is 0 Å². The molecule has 2 aliphatic heterocycles. The number of nitrogens with two attached hydrogens (primary N) is 1. The maximum atomic E-state index is 13.5. The summed E-state index contributed by atoms with van der Waals surface area (Å²) in [5.74, 6) is -1.06. The third-order valence-corrected chi connectivity index (χ3v) is 9.44. The predicted octanol–water partition coefficient (Wildman–Crippen LogP) is -3.73. The summed E-state index contributed by atoms with van der Waals surface area (Å²) in [6, 6.07) is -4.42. The number of aliphatic hydroxyl groups excluding tert-OH is 8. The van der Waals surface area contributed by atoms with Gasteiger partial charge in [0.1, 0.15) is 83.9 Å². The quantitative estimate of drug-likeness (QED) is 0.0791. The molecular weight excluding hydrogens is 818 g/mol. The number of carbonyl (C=O) groups is 4. The van der Waals surface area contributed by atoms with Crippen LogP contribution in [0.5, 0.6) is 0 Å². The van der Waals surface area contributed by atoms with Gasteiger partial charge in [-0.05, 0) is 75.2 Å². The molecule has 6 unspecified atom stereocenters. The van der Waals surface area contributed by atoms with Gasteiger partial charge >= 0.3 is 18.3 Å². The van der Waals surface area contributed by atoms with E-state index < -0.39 is 152 Å². The molecule has 16 atom stereocenters. The minimum absolute atomic E-state index is 0.220. The van der Waals surface area contributed by atoms with Gasteiger partial charge < -0.3 is 101 Å². The number of hydrogen-bond donors (Lipinski definition) is 13. The molecule has 14 N–H and O–H groups in total. The molecule has 0 spiro atoms. The van der Waals surface area contributed by atoms with Gasteiger partial charge in [-0.2, -0.15) is 0 Å². The van der Waals surface area contributed by atoms with E-state index in [2.05, 4.69) is 21.3 Å². The number of alkyl carbamates (subject to hydrolysis) is 3. The van der Waals surface area contributed by atoms with Gasteiger partial charge in [-0.3, -0.25) is 4.79 Å². The molecule has 0 aromatic rings. The molecule has 3 rings (SSSR count). The fraction of sp³-hybridized carbons (Fsp3) is 0.892. The summed E-state index contributed by atoms with van der Waals surface area (Å²) >= 11 is 0. The average Bonchev–Trinajstić information content (AvgIpc) is 3.11. The summed E-state index contributed by atoms with van der Waals surface area (Å²) < 4.78 is 39.3. The number of nitrogens with one attached hydrogen (secondary N) is 4. The van der Waals surface area contributed by atoms with Crippen LogP contribution in [-0.2, 0) is 38.0 Å². The molecule has 24 nitrogen and oxygen atoms in total. The van der Waals surface area contributed by atoms with E-state index in [9.17, 15) is 60.0 Å². The lowest BCUT2D eigenvalue weighted by Crippen LogP contribution is -2.70. The third kappa shape index (κ3) is 15.2. The van der Waals surface area contributed by atoms with Crippen molar-refractivity contribution in [2.24, 2.45) is 5.73 Å². The monoisotopic (exact) mass is 885 g/mol. The van der Waals surface area contributed by atoms with Crippen molar-refractivity contribution in [3.8, 4) is 0 Å². The normalized spacial score (nSPS) is 35.3. The zero-order valence-corrected chi connectivity index (χ0v) is 35.9. The van der Waals surface area contributed by atoms with Crippen molar-refractivity contribution in [2.45, 2.75) is 190 Å². The first-order valence-corrected chi connectivity index (χ1v) is 20.0. The van der Waals surface area contributed by atoms with Gasteiger partial charge in [0.15, 0.2) is 12.6 Å². The Morgan fingerprint density at radius 1 is 0.639 bits per heavy atom. The second-order valence-corrected chi connectivity index (χ2v) is 18.2. The maximum Gasteiger partial charge on any atom is 0.408 e. The van der Waals surface area contributed by atoms with Crippen molar-refractivity contribution in [1.29, 1.82) is 0 Å². The highest BCUT2D eigenvalue weighted by Gasteiger charge is 2.54. The van der Waals surface area contributed by atoms with Crippen molar-refractivity contribution in [2.75, 3.05) is 19.7 Å². The van der Waals surface area contributed by atoms with Gasteiger partial charge in [-0.1, -0.05) is 0 Å². The van der Waals surface area contributed by atoms with Crippen LogP contribution in [0.25, 0.3) is 0 Å². The molecule has 354 valence electrons. The fourth-order valence-corrected chi connectivity index (χ4v) is 6.68. The van der Waals surface area contributed by atoms with E-state index in [4.69, 9.17) is 38.9 Å². The van der Waals surface area contributed by atoms with Crippen molar-refractivity contribution in [1.82, 2.24) is 21.3 Å². The van der Waals surface area contributed by atoms with Crippen molar-refractivity contribution < 1.29 is 93.2 Å². The lowest BCUT2D eigenvalue weighted by molar-refractivity contribution is -0.334. The number of amides is 4. The third-order valence-electron chi connectivity index (χ3n) is 9.44. The highest BCUT2D eigenvalue weighted by molar-refractivity contribution is 5.81. The van der Waals surface area contributed by atoms with Crippen LogP contribution in [0.4, 0.5) is 14.4 Å². The molecule has 24 heteroatoms. The van der Waals surface area contributed by atoms with E-state index in [-0.39, 0.29) is 19.5 Å². The van der Waals surface area contributed by atoms with Crippen LogP contribution in [0.15, 0.2) is 0 Å². The fourth-order valence-electron chi connectivity index (χ4n) is 6.68. The molecule has 61 heavy (non-hydrogen) atoms. The van der Waals surface area contributed by atoms with Crippen LogP contribution in [-0.4, -0.2) is 199 Å². The van der Waals surface area contributed by atoms with Crippen LogP contribution in [0, 0.1) is 0 Å². The minimum Gasteiger partial charge on any atom is -0.444 e. The van der Waals surface area contributed by atoms with E-state index >= 15 is 0 Å². The molecule has 4 amide bonds. The Kier molecular flexibility index (Phi) is 18.3. The molecule has 1 saturated carbocycles. The molecule has 1 aliphatic carbocycles. The molecule has 0 aromatic heterocycles. The number of rotatable bonds is 13. The van der Waals surface area contributed by atoms with Gasteiger partial charge in [-0.25, -0.2) is 14.4 Å². The second kappa shape index (κ2) is 21.4. The lowest BCUT2D eigenvalue weighted by atomic mass is 9.83. The number of aliphatic hydroxyl groups is 8. The van der Waals surface area contributed by atoms with E-state index in [0.29, 0.717) is 0 Å². The van der Waals surface area contributed by atoms with Crippen LogP contribution in [0.3, 0.4) is 0 Å². The molecule has 0 aromatic carbocycles. The van der Waals surface area contributed by atoms with Crippen LogP contribution >= 0.6 is 0 Å². The number of carbonyl (C=O) groups excluding carboxylic acids is 4. The van der Waals surface area contributed by atoms with E-state index in [1.54, 1.807) is 62.3 Å². The van der Waals surface area contributed by atoms with Gasteiger partial charge in [0, 0.05) is 13.1 Å². The molecule has 0 bridgehead atoms. The van der Waals surface area contributed by atoms with Crippen molar-refractivity contribution >= 4 is 24.2 Å². The Labute approximate surface area is 353 Å². The molecule has 3 aliphatic rings. The summed E-state index contributed by atoms with van der Waals surface area (Å²) in [5.41, 5.74) is 2.84. The zero-order chi connectivity index (χ0) is 46.4. The smallest absolute Gasteiger partial charge is 0.408 e. The van der Waals surface area contributed by atoms with E-state index in [1.165, 1.54) is 0 Å². The summed E-state index contributed by atoms with van der Waals surface area (Å²) in [4.78, 5) is 51.6. The summed E-state index contributed by atoms with van der Waals surface area (Å²) in [7, 11) is 0. The Hall–Kier alpha value is -3.24. The van der Waals surface area contributed by atoms with Gasteiger partial charge in [0.05, 0.1) is 24.7 Å². The number of hydrogen-bond acceptors (Lipinski definition) is 20. The average molecular weight is 886 g/mol. The molecule has 0 radical (unpaired) electrons.